The van der Waals surface area contributed by atoms with Crippen LogP contribution in [0.3, 0.4) is 0 Å². The van der Waals surface area contributed by atoms with Gasteiger partial charge in [0.05, 0.1) is 29.1 Å². The third kappa shape index (κ3) is 5.70. The van der Waals surface area contributed by atoms with Gasteiger partial charge in [-0.3, -0.25) is 0 Å². The predicted molar refractivity (Wildman–Crippen MR) is 110 cm³/mol. The van der Waals surface area contributed by atoms with Crippen molar-refractivity contribution in [3.05, 3.63) is 34.3 Å². The number of aromatic carboxylic acids is 1. The lowest BCUT2D eigenvalue weighted by Crippen LogP contribution is -2.31. The van der Waals surface area contributed by atoms with Crippen molar-refractivity contribution in [3.63, 3.8) is 0 Å². The van der Waals surface area contributed by atoms with Crippen molar-refractivity contribution in [2.75, 3.05) is 5.32 Å². The summed E-state index contributed by atoms with van der Waals surface area (Å²) < 4.78 is 5.94. The molecule has 6 nitrogen and oxygen atoms in total. The Morgan fingerprint density at radius 3 is 2.64 bits per heavy atom. The van der Waals surface area contributed by atoms with E-state index in [9.17, 15) is 9.90 Å². The van der Waals surface area contributed by atoms with E-state index in [-0.39, 0.29) is 17.6 Å². The van der Waals surface area contributed by atoms with Crippen molar-refractivity contribution in [3.8, 4) is 17.6 Å². The van der Waals surface area contributed by atoms with E-state index in [1.807, 2.05) is 32.9 Å². The topological polar surface area (TPSA) is 84.3 Å². The second-order valence-electron chi connectivity index (χ2n) is 7.97. The van der Waals surface area contributed by atoms with Crippen LogP contribution >= 0.6 is 11.3 Å². The Hall–Kier alpha value is -2.59. The SMILES string of the molecule is CC(C)(C)C#Cc1cc(N[C@H]2CC[C@@H](Oc3ccnnc3)CC2)c(C(=O)O)s1. The van der Waals surface area contributed by atoms with Gasteiger partial charge in [-0.2, -0.15) is 10.2 Å². The number of hydrogen-bond donors (Lipinski definition) is 2. The maximum absolute atomic E-state index is 11.6. The Bertz CT molecular complexity index is 870. The van der Waals surface area contributed by atoms with Crippen molar-refractivity contribution in [1.29, 1.82) is 0 Å². The molecule has 0 atom stereocenters. The van der Waals surface area contributed by atoms with E-state index in [4.69, 9.17) is 4.74 Å². The van der Waals surface area contributed by atoms with Crippen LogP contribution < -0.4 is 10.1 Å². The van der Waals surface area contributed by atoms with Crippen molar-refractivity contribution < 1.29 is 14.6 Å². The lowest BCUT2D eigenvalue weighted by Gasteiger charge is -2.29. The third-order valence-corrected chi connectivity index (χ3v) is 5.42. The molecule has 28 heavy (non-hydrogen) atoms. The minimum Gasteiger partial charge on any atom is -0.489 e. The standard InChI is InChI=1S/C21H25N3O3S/c1-21(2,3)10-8-17-12-18(19(28-17)20(25)26)24-14-4-6-15(7-5-14)27-16-9-11-22-23-13-16/h9,11-15,24H,4-7H2,1-3H3,(H,25,26)/t14-,15+. The van der Waals surface area contributed by atoms with Gasteiger partial charge in [-0.15, -0.1) is 11.3 Å². The Balaban J connectivity index is 1.61. The number of carboxylic acids is 1. The van der Waals surface area contributed by atoms with Crippen molar-refractivity contribution >= 4 is 23.0 Å². The smallest absolute Gasteiger partial charge is 0.348 e. The van der Waals surface area contributed by atoms with E-state index in [1.54, 1.807) is 12.4 Å². The number of ether oxygens (including phenoxy) is 1. The molecule has 2 N–H and O–H groups in total. The van der Waals surface area contributed by atoms with Gasteiger partial charge in [-0.1, -0.05) is 11.8 Å². The van der Waals surface area contributed by atoms with Crippen molar-refractivity contribution in [1.82, 2.24) is 10.2 Å². The molecule has 1 saturated carbocycles. The Labute approximate surface area is 169 Å². The highest BCUT2D eigenvalue weighted by atomic mass is 32.1. The molecule has 0 bridgehead atoms. The molecule has 0 unspecified atom stereocenters. The number of thiophene rings is 1. The van der Waals surface area contributed by atoms with Gasteiger partial charge in [-0.25, -0.2) is 4.79 Å². The number of anilines is 1. The molecule has 1 aliphatic rings. The van der Waals surface area contributed by atoms with Crippen LogP contribution in [0.1, 0.15) is 61.0 Å². The summed E-state index contributed by atoms with van der Waals surface area (Å²) >= 11 is 1.23. The summed E-state index contributed by atoms with van der Waals surface area (Å²) in [5.41, 5.74) is 0.544. The first-order valence-electron chi connectivity index (χ1n) is 9.40. The number of nitrogens with one attached hydrogen (secondary N) is 1. The highest BCUT2D eigenvalue weighted by Crippen LogP contribution is 2.31. The molecule has 148 valence electrons. The largest absolute Gasteiger partial charge is 0.489 e. The second-order valence-corrected chi connectivity index (χ2v) is 9.02. The van der Waals surface area contributed by atoms with Crippen LogP contribution in [0, 0.1) is 17.3 Å². The van der Waals surface area contributed by atoms with Gasteiger partial charge < -0.3 is 15.2 Å². The van der Waals surface area contributed by atoms with Crippen LogP contribution in [0.25, 0.3) is 0 Å². The zero-order chi connectivity index (χ0) is 20.1. The van der Waals surface area contributed by atoms with Crippen LogP contribution in [0.2, 0.25) is 0 Å². The van der Waals surface area contributed by atoms with Crippen LogP contribution in [-0.2, 0) is 0 Å². The second kappa shape index (κ2) is 8.61. The normalized spacial score (nSPS) is 19.4. The minimum atomic E-state index is -0.918. The van der Waals surface area contributed by atoms with E-state index < -0.39 is 5.97 Å². The molecule has 2 aromatic rings. The fraction of sp³-hybridized carbons (Fsp3) is 0.476. The van der Waals surface area contributed by atoms with Crippen molar-refractivity contribution in [2.45, 2.75) is 58.6 Å². The number of carboxylic acid groups (broad SMARTS) is 1. The van der Waals surface area contributed by atoms with Gasteiger partial charge in [0.25, 0.3) is 0 Å². The zero-order valence-electron chi connectivity index (χ0n) is 16.4. The van der Waals surface area contributed by atoms with Gasteiger partial charge in [0.2, 0.25) is 0 Å². The first-order valence-corrected chi connectivity index (χ1v) is 10.2. The summed E-state index contributed by atoms with van der Waals surface area (Å²) in [7, 11) is 0. The van der Waals surface area contributed by atoms with Crippen LogP contribution in [0.5, 0.6) is 5.75 Å². The van der Waals surface area contributed by atoms with Gasteiger partial charge in [-0.05, 0) is 52.5 Å². The van der Waals surface area contributed by atoms with E-state index in [0.29, 0.717) is 10.6 Å². The molecule has 0 spiro atoms. The summed E-state index contributed by atoms with van der Waals surface area (Å²) in [5, 5.41) is 20.5. The number of hydrogen-bond acceptors (Lipinski definition) is 6. The van der Waals surface area contributed by atoms with Gasteiger partial charge in [0.15, 0.2) is 0 Å². The lowest BCUT2D eigenvalue weighted by atomic mass is 9.92. The first kappa shape index (κ1) is 20.2. The Morgan fingerprint density at radius 1 is 1.29 bits per heavy atom. The quantitative estimate of drug-likeness (QED) is 0.723. The Kier molecular flexibility index (Phi) is 6.20. The monoisotopic (exact) mass is 399 g/mol. The van der Waals surface area contributed by atoms with Crippen LogP contribution in [-0.4, -0.2) is 33.4 Å². The fourth-order valence-corrected chi connectivity index (χ4v) is 3.87. The number of rotatable bonds is 5. The van der Waals surface area contributed by atoms with Crippen LogP contribution in [0.4, 0.5) is 5.69 Å². The van der Waals surface area contributed by atoms with E-state index >= 15 is 0 Å². The van der Waals surface area contributed by atoms with Gasteiger partial charge in [0.1, 0.15) is 10.6 Å². The molecule has 7 heteroatoms. The number of aromatic nitrogens is 2. The Morgan fingerprint density at radius 2 is 2.04 bits per heavy atom. The summed E-state index contributed by atoms with van der Waals surface area (Å²) in [4.78, 5) is 12.7. The predicted octanol–water partition coefficient (Wildman–Crippen LogP) is 4.44. The maximum Gasteiger partial charge on any atom is 0.348 e. The zero-order valence-corrected chi connectivity index (χ0v) is 17.2. The summed E-state index contributed by atoms with van der Waals surface area (Å²) in [5.74, 6) is 6.09. The van der Waals surface area contributed by atoms with Crippen molar-refractivity contribution in [2.24, 2.45) is 5.41 Å². The molecule has 2 heterocycles. The molecular formula is C21H25N3O3S. The molecule has 0 radical (unpaired) electrons. The van der Waals surface area contributed by atoms with Crippen LogP contribution in [0.15, 0.2) is 24.5 Å². The first-order chi connectivity index (χ1) is 13.3. The number of carbonyl (C=O) groups is 1. The molecule has 2 aromatic heterocycles. The highest BCUT2D eigenvalue weighted by Gasteiger charge is 2.24. The molecule has 0 saturated heterocycles. The minimum absolute atomic E-state index is 0.121. The molecule has 0 aromatic carbocycles. The third-order valence-electron chi connectivity index (χ3n) is 4.38. The van der Waals surface area contributed by atoms with E-state index in [2.05, 4.69) is 27.4 Å². The molecule has 0 aliphatic heterocycles. The lowest BCUT2D eigenvalue weighted by molar-refractivity contribution is 0.0703. The van der Waals surface area contributed by atoms with Gasteiger partial charge >= 0.3 is 5.97 Å². The average Bonchev–Trinajstić information content (AvgIpc) is 3.05. The average molecular weight is 400 g/mol. The summed E-state index contributed by atoms with van der Waals surface area (Å²) in [6, 6.07) is 3.90. The van der Waals surface area contributed by atoms with E-state index in [0.717, 1.165) is 36.3 Å². The summed E-state index contributed by atoms with van der Waals surface area (Å²) in [6.45, 7) is 6.11. The molecular weight excluding hydrogens is 374 g/mol. The molecule has 1 fully saturated rings. The fourth-order valence-electron chi connectivity index (χ4n) is 3.05. The molecule has 1 aliphatic carbocycles. The highest BCUT2D eigenvalue weighted by molar-refractivity contribution is 7.15. The number of nitrogens with zero attached hydrogens (tertiary/aromatic N) is 2. The molecule has 3 rings (SSSR count). The van der Waals surface area contributed by atoms with Gasteiger partial charge in [0, 0.05) is 17.5 Å². The van der Waals surface area contributed by atoms with E-state index in [1.165, 1.54) is 11.3 Å². The summed E-state index contributed by atoms with van der Waals surface area (Å²) in [6.07, 6.45) is 7.04. The maximum atomic E-state index is 11.6. The molecule has 0 amide bonds.